The van der Waals surface area contributed by atoms with Crippen LogP contribution in [0.4, 0.5) is 30.7 Å². The van der Waals surface area contributed by atoms with Crippen LogP contribution < -0.4 is 10.1 Å². The number of carboxylic acid groups (broad SMARTS) is 2. The molecular formula is C26H26ClF7N2O6. The molecule has 2 aliphatic rings. The van der Waals surface area contributed by atoms with Crippen molar-refractivity contribution < 1.29 is 60.1 Å². The predicted octanol–water partition coefficient (Wildman–Crippen LogP) is 5.06. The van der Waals surface area contributed by atoms with Crippen molar-refractivity contribution in [3.63, 3.8) is 0 Å². The lowest BCUT2D eigenvalue weighted by atomic mass is 9.88. The fourth-order valence-electron chi connectivity index (χ4n) is 4.16. The fraction of sp³-hybridized carbons (Fsp3) is 0.423. The van der Waals surface area contributed by atoms with Crippen LogP contribution >= 0.6 is 11.6 Å². The Hall–Kier alpha value is -3.43. The second-order valence-corrected chi connectivity index (χ2v) is 9.56. The second-order valence-electron chi connectivity index (χ2n) is 9.12. The van der Waals surface area contributed by atoms with Crippen molar-refractivity contribution in [3.05, 3.63) is 64.9 Å². The van der Waals surface area contributed by atoms with Crippen molar-refractivity contribution in [2.24, 2.45) is 5.92 Å². The third-order valence-electron chi connectivity index (χ3n) is 6.21. The molecule has 8 nitrogen and oxygen atoms in total. The lowest BCUT2D eigenvalue weighted by Gasteiger charge is -2.37. The highest BCUT2D eigenvalue weighted by atomic mass is 35.5. The zero-order valence-corrected chi connectivity index (χ0v) is 22.3. The number of aliphatic carboxylic acids is 2. The number of benzene rings is 2. The summed E-state index contributed by atoms with van der Waals surface area (Å²) in [4.78, 5) is 32.9. The van der Waals surface area contributed by atoms with Gasteiger partial charge in [-0.2, -0.15) is 26.3 Å². The number of ketones is 1. The first-order chi connectivity index (χ1) is 19.5. The number of Topliss-reactive ketones (excluding diaryl/α,β-unsaturated/α-hetero) is 1. The van der Waals surface area contributed by atoms with E-state index in [1.807, 2.05) is 24.3 Å². The third-order valence-corrected chi connectivity index (χ3v) is 6.46. The number of carbonyl (C=O) groups is 3. The molecule has 2 atom stereocenters. The van der Waals surface area contributed by atoms with Crippen LogP contribution in [-0.2, 0) is 9.59 Å². The number of hydrogen-bond acceptors (Lipinski definition) is 6. The highest BCUT2D eigenvalue weighted by molar-refractivity contribution is 6.30. The molecule has 4 rings (SSSR count). The van der Waals surface area contributed by atoms with Gasteiger partial charge in [0.15, 0.2) is 5.78 Å². The van der Waals surface area contributed by atoms with Crippen LogP contribution in [0.25, 0.3) is 0 Å². The maximum absolute atomic E-state index is 13.1. The number of piperidine rings is 1. The summed E-state index contributed by atoms with van der Waals surface area (Å²) in [6.07, 6.45) is -8.45. The molecule has 0 amide bonds. The number of halogens is 8. The number of nitrogens with zero attached hydrogens (tertiary/aromatic N) is 1. The largest absolute Gasteiger partial charge is 0.490 e. The van der Waals surface area contributed by atoms with Crippen LogP contribution in [-0.4, -0.2) is 83.5 Å². The molecular weight excluding hydrogens is 605 g/mol. The Morgan fingerprint density at radius 3 is 1.76 bits per heavy atom. The number of hydrogen-bond donors (Lipinski definition) is 3. The SMILES string of the molecule is O=C(O)C(F)(F)F.O=C(O)C(F)(F)F.O=C(c1ccc(F)cc1)C1CCN([C@H]2CNC[C@@H]2Oc2ccc(Cl)cc2)CC1. The first-order valence-corrected chi connectivity index (χ1v) is 12.6. The number of carboxylic acids is 2. The molecule has 0 radical (unpaired) electrons. The van der Waals surface area contributed by atoms with Gasteiger partial charge in [-0.15, -0.1) is 0 Å². The summed E-state index contributed by atoms with van der Waals surface area (Å²) in [5, 5.41) is 18.4. The quantitative estimate of drug-likeness (QED) is 0.310. The summed E-state index contributed by atoms with van der Waals surface area (Å²) in [5.41, 5.74) is 0.603. The monoisotopic (exact) mass is 630 g/mol. The van der Waals surface area contributed by atoms with Crippen LogP contribution in [0.15, 0.2) is 48.5 Å². The van der Waals surface area contributed by atoms with Crippen molar-refractivity contribution in [2.75, 3.05) is 26.2 Å². The zero-order chi connectivity index (χ0) is 31.7. The summed E-state index contributed by atoms with van der Waals surface area (Å²) in [7, 11) is 0. The number of ether oxygens (including phenoxy) is 1. The molecule has 3 N–H and O–H groups in total. The first-order valence-electron chi connectivity index (χ1n) is 12.3. The molecule has 2 heterocycles. The molecule has 2 aliphatic heterocycles. The Labute approximate surface area is 240 Å². The van der Waals surface area contributed by atoms with Crippen molar-refractivity contribution in [1.29, 1.82) is 0 Å². The van der Waals surface area contributed by atoms with E-state index in [-0.39, 0.29) is 29.7 Å². The predicted molar refractivity (Wildman–Crippen MR) is 135 cm³/mol. The van der Waals surface area contributed by atoms with Crippen molar-refractivity contribution in [3.8, 4) is 5.75 Å². The highest BCUT2D eigenvalue weighted by Gasteiger charge is 2.39. The van der Waals surface area contributed by atoms with E-state index in [0.717, 1.165) is 44.8 Å². The minimum Gasteiger partial charge on any atom is -0.487 e. The van der Waals surface area contributed by atoms with E-state index in [9.17, 15) is 35.5 Å². The van der Waals surface area contributed by atoms with Gasteiger partial charge < -0.3 is 20.3 Å². The van der Waals surface area contributed by atoms with E-state index >= 15 is 0 Å². The summed E-state index contributed by atoms with van der Waals surface area (Å²) >= 11 is 5.95. The maximum atomic E-state index is 13.1. The molecule has 0 spiro atoms. The topological polar surface area (TPSA) is 116 Å². The van der Waals surface area contributed by atoms with E-state index < -0.39 is 24.3 Å². The van der Waals surface area contributed by atoms with Crippen LogP contribution in [0.3, 0.4) is 0 Å². The number of alkyl halides is 6. The zero-order valence-electron chi connectivity index (χ0n) is 21.6. The van der Waals surface area contributed by atoms with Gasteiger partial charge in [-0.05, 0) is 74.5 Å². The number of nitrogens with one attached hydrogen (secondary N) is 1. The average Bonchev–Trinajstić information content (AvgIpc) is 3.38. The van der Waals surface area contributed by atoms with Gasteiger partial charge in [0.05, 0.1) is 6.04 Å². The van der Waals surface area contributed by atoms with Gasteiger partial charge in [-0.1, -0.05) is 11.6 Å². The summed E-state index contributed by atoms with van der Waals surface area (Å²) < 4.78 is 82.7. The van der Waals surface area contributed by atoms with Gasteiger partial charge in [0.25, 0.3) is 0 Å². The molecule has 0 bridgehead atoms. The molecule has 2 aromatic rings. The molecule has 0 aromatic heterocycles. The van der Waals surface area contributed by atoms with E-state index in [4.69, 9.17) is 36.1 Å². The van der Waals surface area contributed by atoms with Crippen LogP contribution in [0.5, 0.6) is 5.75 Å². The Balaban J connectivity index is 0.000000367. The lowest BCUT2D eigenvalue weighted by molar-refractivity contribution is -0.193. The van der Waals surface area contributed by atoms with Gasteiger partial charge in [-0.25, -0.2) is 14.0 Å². The molecule has 16 heteroatoms. The van der Waals surface area contributed by atoms with Gasteiger partial charge in [0.2, 0.25) is 0 Å². The minimum absolute atomic E-state index is 0.00621. The third kappa shape index (κ3) is 11.1. The molecule has 0 unspecified atom stereocenters. The van der Waals surface area contributed by atoms with Gasteiger partial charge in [0, 0.05) is 29.6 Å². The van der Waals surface area contributed by atoms with Crippen molar-refractivity contribution in [2.45, 2.75) is 37.3 Å². The van der Waals surface area contributed by atoms with Gasteiger partial charge in [-0.3, -0.25) is 9.69 Å². The van der Waals surface area contributed by atoms with E-state index in [1.165, 1.54) is 12.1 Å². The van der Waals surface area contributed by atoms with Crippen LogP contribution in [0.1, 0.15) is 23.2 Å². The lowest BCUT2D eigenvalue weighted by Crippen LogP contribution is -2.49. The molecule has 2 saturated heterocycles. The smallest absolute Gasteiger partial charge is 0.487 e. The number of rotatable bonds is 5. The second kappa shape index (κ2) is 15.2. The molecule has 2 aromatic carbocycles. The van der Waals surface area contributed by atoms with Crippen molar-refractivity contribution >= 4 is 29.3 Å². The Bertz CT molecular complexity index is 1160. The summed E-state index contributed by atoms with van der Waals surface area (Å²) in [5.74, 6) is -4.87. The Morgan fingerprint density at radius 1 is 0.833 bits per heavy atom. The standard InChI is InChI=1S/C22H24ClFN2O2.2C2HF3O2/c23-17-3-7-19(8-4-17)28-21-14-25-13-20(21)26-11-9-16(10-12-26)22(27)15-1-5-18(24)6-2-15;2*3-2(4,5)1(6)7/h1-8,16,20-21,25H,9-14H2;2*(H,6,7)/t20-,21-;;/m0../s1. The Morgan fingerprint density at radius 2 is 1.31 bits per heavy atom. The molecule has 232 valence electrons. The molecule has 0 aliphatic carbocycles. The van der Waals surface area contributed by atoms with Crippen LogP contribution in [0.2, 0.25) is 5.02 Å². The maximum Gasteiger partial charge on any atom is 0.490 e. The van der Waals surface area contributed by atoms with Gasteiger partial charge >= 0.3 is 24.3 Å². The summed E-state index contributed by atoms with van der Waals surface area (Å²) in [6.45, 7) is 3.42. The number of likely N-dealkylation sites (tertiary alicyclic amines) is 1. The van der Waals surface area contributed by atoms with Gasteiger partial charge in [0.1, 0.15) is 17.7 Å². The Kier molecular flexibility index (Phi) is 12.6. The normalized spacial score (nSPS) is 19.5. The van der Waals surface area contributed by atoms with E-state index in [2.05, 4.69) is 10.2 Å². The van der Waals surface area contributed by atoms with E-state index in [0.29, 0.717) is 10.6 Å². The van der Waals surface area contributed by atoms with Crippen molar-refractivity contribution in [1.82, 2.24) is 10.2 Å². The summed E-state index contributed by atoms with van der Waals surface area (Å²) in [6, 6.07) is 13.6. The van der Waals surface area contributed by atoms with E-state index in [1.54, 1.807) is 12.1 Å². The first kappa shape index (κ1) is 34.8. The average molecular weight is 631 g/mol. The number of carbonyl (C=O) groups excluding carboxylic acids is 1. The molecule has 42 heavy (non-hydrogen) atoms. The highest BCUT2D eigenvalue weighted by Crippen LogP contribution is 2.27. The molecule has 0 saturated carbocycles. The minimum atomic E-state index is -5.08. The van der Waals surface area contributed by atoms with Crippen LogP contribution in [0, 0.1) is 11.7 Å². The fourth-order valence-corrected chi connectivity index (χ4v) is 4.28. The molecule has 2 fully saturated rings.